The molecule has 1 unspecified atom stereocenters. The van der Waals surface area contributed by atoms with Gasteiger partial charge in [0.1, 0.15) is 0 Å². The number of allylic oxidation sites excluding steroid dienone is 4. The molecular formula is C24H31BO2. The highest BCUT2D eigenvalue weighted by atomic mass is 16.7. The van der Waals surface area contributed by atoms with Crippen LogP contribution in [0.4, 0.5) is 0 Å². The summed E-state index contributed by atoms with van der Waals surface area (Å²) in [5.41, 5.74) is 5.94. The first-order chi connectivity index (χ1) is 12.8. The minimum Gasteiger partial charge on any atom is -0.403 e. The maximum Gasteiger partial charge on any atom is 0.465 e. The molecule has 0 radical (unpaired) electrons. The molecule has 0 aromatic heterocycles. The second-order valence-electron chi connectivity index (χ2n) is 9.93. The first-order valence-corrected chi connectivity index (χ1v) is 10.7. The van der Waals surface area contributed by atoms with Crippen molar-refractivity contribution in [1.29, 1.82) is 0 Å². The van der Waals surface area contributed by atoms with Gasteiger partial charge in [0.05, 0.1) is 11.2 Å². The standard InChI is InChI=1S/C24H31BO2/c1-22(2)23(3,4)27-25(26-22)17-12-13-21-19(16-17)18-10-6-7-11-20(18)24(21)14-8-5-9-15-24/h6-7,10-13,17H,5,8-9,14-16H2,1-4H3. The Hall–Kier alpha value is -1.32. The SMILES string of the molecule is CC1(C)OB(C2C=CC3=C(C2)c2ccccc2C32CCCCC2)OC1(C)C. The predicted molar refractivity (Wildman–Crippen MR) is 112 cm³/mol. The Morgan fingerprint density at radius 2 is 1.59 bits per heavy atom. The Kier molecular flexibility index (Phi) is 3.84. The topological polar surface area (TPSA) is 18.5 Å². The lowest BCUT2D eigenvalue weighted by Gasteiger charge is -2.37. The summed E-state index contributed by atoms with van der Waals surface area (Å²) in [7, 11) is -0.157. The van der Waals surface area contributed by atoms with E-state index in [4.69, 9.17) is 9.31 Å². The molecule has 1 aromatic carbocycles. The van der Waals surface area contributed by atoms with Gasteiger partial charge in [-0.2, -0.15) is 0 Å². The normalized spacial score (nSPS) is 29.9. The molecule has 1 spiro atoms. The van der Waals surface area contributed by atoms with Crippen LogP contribution in [0.1, 0.15) is 77.3 Å². The van der Waals surface area contributed by atoms with E-state index in [9.17, 15) is 0 Å². The molecule has 5 rings (SSSR count). The average molecular weight is 362 g/mol. The minimum atomic E-state index is -0.266. The van der Waals surface area contributed by atoms with Crippen LogP contribution in [0, 0.1) is 0 Å². The zero-order chi connectivity index (χ0) is 18.9. The quantitative estimate of drug-likeness (QED) is 0.564. The number of hydrogen-bond acceptors (Lipinski definition) is 2. The molecular weight excluding hydrogens is 331 g/mol. The first-order valence-electron chi connectivity index (χ1n) is 10.7. The van der Waals surface area contributed by atoms with Gasteiger partial charge in [-0.15, -0.1) is 0 Å². The van der Waals surface area contributed by atoms with Gasteiger partial charge in [0.25, 0.3) is 0 Å². The maximum absolute atomic E-state index is 6.38. The largest absolute Gasteiger partial charge is 0.465 e. The summed E-state index contributed by atoms with van der Waals surface area (Å²) in [4.78, 5) is 0. The summed E-state index contributed by atoms with van der Waals surface area (Å²) in [6.45, 7) is 8.58. The number of rotatable bonds is 1. The lowest BCUT2D eigenvalue weighted by Crippen LogP contribution is -2.41. The molecule has 142 valence electrons. The third kappa shape index (κ3) is 2.47. The van der Waals surface area contributed by atoms with E-state index in [-0.39, 0.29) is 29.6 Å². The van der Waals surface area contributed by atoms with Crippen LogP contribution < -0.4 is 0 Å². The van der Waals surface area contributed by atoms with Gasteiger partial charge in [0.2, 0.25) is 0 Å². The van der Waals surface area contributed by atoms with Crippen molar-refractivity contribution in [2.75, 3.05) is 0 Å². The smallest absolute Gasteiger partial charge is 0.403 e. The fourth-order valence-corrected chi connectivity index (χ4v) is 5.69. The van der Waals surface area contributed by atoms with Crippen LogP contribution in [0.15, 0.2) is 42.0 Å². The molecule has 3 heteroatoms. The van der Waals surface area contributed by atoms with Crippen LogP contribution >= 0.6 is 0 Å². The molecule has 1 aliphatic heterocycles. The van der Waals surface area contributed by atoms with Gasteiger partial charge in [0, 0.05) is 11.2 Å². The van der Waals surface area contributed by atoms with E-state index >= 15 is 0 Å². The van der Waals surface area contributed by atoms with E-state index in [0.717, 1.165) is 6.42 Å². The van der Waals surface area contributed by atoms with E-state index in [1.807, 2.05) is 0 Å². The third-order valence-electron chi connectivity index (χ3n) is 7.89. The van der Waals surface area contributed by atoms with Crippen molar-refractivity contribution in [1.82, 2.24) is 0 Å². The highest BCUT2D eigenvalue weighted by molar-refractivity contribution is 6.48. The van der Waals surface area contributed by atoms with Gasteiger partial charge in [-0.05, 0) is 69.2 Å². The third-order valence-corrected chi connectivity index (χ3v) is 7.89. The lowest BCUT2D eigenvalue weighted by atomic mass is 9.63. The first kappa shape index (κ1) is 17.8. The Morgan fingerprint density at radius 1 is 0.926 bits per heavy atom. The fourth-order valence-electron chi connectivity index (χ4n) is 5.69. The molecule has 3 aliphatic carbocycles. The second-order valence-corrected chi connectivity index (χ2v) is 9.93. The van der Waals surface area contributed by atoms with Crippen molar-refractivity contribution in [2.24, 2.45) is 0 Å². The van der Waals surface area contributed by atoms with Gasteiger partial charge in [-0.1, -0.05) is 55.7 Å². The van der Waals surface area contributed by atoms with E-state index in [0.29, 0.717) is 0 Å². The summed E-state index contributed by atoms with van der Waals surface area (Å²) < 4.78 is 12.8. The summed E-state index contributed by atoms with van der Waals surface area (Å²) >= 11 is 0. The fraction of sp³-hybridized carbons (Fsp3) is 0.583. The predicted octanol–water partition coefficient (Wildman–Crippen LogP) is 6.08. The van der Waals surface area contributed by atoms with E-state index in [1.165, 1.54) is 37.7 Å². The van der Waals surface area contributed by atoms with Gasteiger partial charge in [-0.25, -0.2) is 0 Å². The van der Waals surface area contributed by atoms with E-state index < -0.39 is 0 Å². The van der Waals surface area contributed by atoms with Crippen molar-refractivity contribution >= 4 is 12.7 Å². The molecule has 0 N–H and O–H groups in total. The van der Waals surface area contributed by atoms with Crippen molar-refractivity contribution in [2.45, 2.75) is 88.7 Å². The van der Waals surface area contributed by atoms with Gasteiger partial charge < -0.3 is 9.31 Å². The molecule has 1 aromatic rings. The van der Waals surface area contributed by atoms with Crippen LogP contribution in [0.25, 0.3) is 5.57 Å². The van der Waals surface area contributed by atoms with Crippen molar-refractivity contribution in [3.8, 4) is 0 Å². The van der Waals surface area contributed by atoms with Crippen molar-refractivity contribution in [3.63, 3.8) is 0 Å². The van der Waals surface area contributed by atoms with Crippen LogP contribution in [0.3, 0.4) is 0 Å². The second kappa shape index (κ2) is 5.84. The highest BCUT2D eigenvalue weighted by Crippen LogP contribution is 2.58. The monoisotopic (exact) mass is 362 g/mol. The summed E-state index contributed by atoms with van der Waals surface area (Å²) in [5.74, 6) is 0.289. The molecule has 1 saturated heterocycles. The van der Waals surface area contributed by atoms with E-state index in [1.54, 1.807) is 16.7 Å². The molecule has 1 heterocycles. The Bertz CT molecular complexity index is 811. The van der Waals surface area contributed by atoms with Gasteiger partial charge in [-0.3, -0.25) is 0 Å². The van der Waals surface area contributed by atoms with E-state index in [2.05, 4.69) is 64.1 Å². The lowest BCUT2D eigenvalue weighted by molar-refractivity contribution is 0.00578. The van der Waals surface area contributed by atoms with Crippen molar-refractivity contribution in [3.05, 3.63) is 53.1 Å². The highest BCUT2D eigenvalue weighted by Gasteiger charge is 2.54. The Morgan fingerprint density at radius 3 is 2.30 bits per heavy atom. The van der Waals surface area contributed by atoms with Crippen molar-refractivity contribution < 1.29 is 9.31 Å². The van der Waals surface area contributed by atoms with Crippen LogP contribution in [0.2, 0.25) is 5.82 Å². The molecule has 1 atom stereocenters. The molecule has 0 bridgehead atoms. The van der Waals surface area contributed by atoms with Crippen LogP contribution in [0.5, 0.6) is 0 Å². The molecule has 27 heavy (non-hydrogen) atoms. The number of hydrogen-bond donors (Lipinski definition) is 0. The Balaban J connectivity index is 1.50. The maximum atomic E-state index is 6.38. The van der Waals surface area contributed by atoms with Gasteiger partial charge >= 0.3 is 7.12 Å². The zero-order valence-corrected chi connectivity index (χ0v) is 17.2. The molecule has 2 nitrogen and oxygen atoms in total. The molecule has 1 saturated carbocycles. The number of fused-ring (bicyclic) bond motifs is 4. The summed E-state index contributed by atoms with van der Waals surface area (Å²) in [5, 5.41) is 0. The zero-order valence-electron chi connectivity index (χ0n) is 17.2. The van der Waals surface area contributed by atoms with Gasteiger partial charge in [0.15, 0.2) is 0 Å². The summed E-state index contributed by atoms with van der Waals surface area (Å²) in [6, 6.07) is 9.15. The van der Waals surface area contributed by atoms with Crippen LogP contribution in [-0.4, -0.2) is 18.3 Å². The summed E-state index contributed by atoms with van der Waals surface area (Å²) in [6.07, 6.45) is 12.5. The molecule has 0 amide bonds. The molecule has 4 aliphatic rings. The average Bonchev–Trinajstić information content (AvgIpc) is 3.04. The Labute approximate surface area is 164 Å². The molecule has 2 fully saturated rings. The minimum absolute atomic E-state index is 0.157. The number of benzene rings is 1. The van der Waals surface area contributed by atoms with Crippen LogP contribution in [-0.2, 0) is 14.7 Å².